The first-order valence-electron chi connectivity index (χ1n) is 21.7. The average Bonchev–Trinajstić information content (AvgIpc) is 3.81. The lowest BCUT2D eigenvalue weighted by Gasteiger charge is -2.43. The van der Waals surface area contributed by atoms with Crippen LogP contribution in [0.3, 0.4) is 0 Å². The molecule has 8 heteroatoms. The summed E-state index contributed by atoms with van der Waals surface area (Å²) in [6.07, 6.45) is 23.8. The lowest BCUT2D eigenvalue weighted by Crippen LogP contribution is -2.36. The Hall–Kier alpha value is -1.80. The Balaban J connectivity index is 0.000000167. The molecule has 2 heterocycles. The fourth-order valence-corrected chi connectivity index (χ4v) is 17.9. The van der Waals surface area contributed by atoms with E-state index in [-0.39, 0.29) is 44.7 Å². The SMILES string of the molecule is C[C@H]1CCC2=C(C1)[C@@H](/C=C1\CCC[C@@]3(C)[C@H]1CC[C@H]3[C@H](C)C=O)S(=O)(=O)C2.C[C@H]1CCC2=C(C1)[C@H](/C=C1\CCC[C@@]3(C)[C@H]1CC[C@H]3[C@H](C)C=O)S(=O)(=O)C2. The van der Waals surface area contributed by atoms with E-state index in [4.69, 9.17) is 0 Å². The Morgan fingerprint density at radius 1 is 0.593 bits per heavy atom. The zero-order valence-electron chi connectivity index (χ0n) is 34.1. The number of carbonyl (C=O) groups excluding carboxylic acids is 2. The van der Waals surface area contributed by atoms with Gasteiger partial charge in [-0.15, -0.1) is 0 Å². The highest BCUT2D eigenvalue weighted by atomic mass is 32.2. The van der Waals surface area contributed by atoms with Crippen LogP contribution in [-0.4, -0.2) is 51.4 Å². The molecular formula is C46H68O6S2. The molecule has 0 bridgehead atoms. The van der Waals surface area contributed by atoms with E-state index in [1.807, 2.05) is 0 Å². The van der Waals surface area contributed by atoms with Gasteiger partial charge in [0, 0.05) is 11.8 Å². The normalized spacial score (nSPS) is 43.4. The van der Waals surface area contributed by atoms with Gasteiger partial charge in [0.05, 0.1) is 11.5 Å². The lowest BCUT2D eigenvalue weighted by molar-refractivity contribution is -0.114. The summed E-state index contributed by atoms with van der Waals surface area (Å²) < 4.78 is 51.9. The number of hydrogen-bond acceptors (Lipinski definition) is 6. The van der Waals surface area contributed by atoms with Crippen LogP contribution in [-0.2, 0) is 29.3 Å². The number of rotatable bonds is 6. The zero-order chi connectivity index (χ0) is 38.8. The van der Waals surface area contributed by atoms with Crippen molar-refractivity contribution in [2.75, 3.05) is 11.5 Å². The van der Waals surface area contributed by atoms with Crippen molar-refractivity contribution in [2.24, 2.45) is 58.2 Å². The standard InChI is InChI=1S/2C23H34O3S/c2*1-15-6-7-18-14-27(25,26)22(19(18)11-15)12-17-5-4-10-23(3)20(16(2)13-24)8-9-21(17)23/h2*12-13,15-16,20-22H,4-11,14H2,1-3H3/b2*17-12+/t15-,16+,20-,21-,22+,23+;15-,16+,20-,21-,22-,23+/m00/s1. The molecule has 2 aliphatic heterocycles. The molecule has 0 radical (unpaired) electrons. The van der Waals surface area contributed by atoms with Crippen molar-refractivity contribution in [2.45, 2.75) is 155 Å². The zero-order valence-corrected chi connectivity index (χ0v) is 35.7. The van der Waals surface area contributed by atoms with Crippen molar-refractivity contribution in [3.63, 3.8) is 0 Å². The molecule has 0 spiro atoms. The molecule has 0 aromatic rings. The number of allylic oxidation sites excluding steroid dienone is 2. The average molecular weight is 781 g/mol. The van der Waals surface area contributed by atoms with Crippen LogP contribution in [0, 0.1) is 58.2 Å². The van der Waals surface area contributed by atoms with Crippen molar-refractivity contribution in [1.82, 2.24) is 0 Å². The smallest absolute Gasteiger partial charge is 0.164 e. The van der Waals surface area contributed by atoms with E-state index in [9.17, 15) is 26.4 Å². The molecule has 54 heavy (non-hydrogen) atoms. The molecule has 8 aliphatic rings. The topological polar surface area (TPSA) is 102 Å². The van der Waals surface area contributed by atoms with Gasteiger partial charge in [0.15, 0.2) is 19.7 Å². The van der Waals surface area contributed by atoms with Crippen LogP contribution in [0.4, 0.5) is 0 Å². The third kappa shape index (κ3) is 7.17. The van der Waals surface area contributed by atoms with E-state index in [2.05, 4.69) is 53.7 Å². The fraction of sp³-hybridized carbons (Fsp3) is 0.783. The third-order valence-corrected chi connectivity index (χ3v) is 20.5. The van der Waals surface area contributed by atoms with Crippen molar-refractivity contribution in [1.29, 1.82) is 0 Å². The molecule has 4 saturated carbocycles. The summed E-state index contributed by atoms with van der Waals surface area (Å²) in [5, 5.41) is -0.731. The van der Waals surface area contributed by atoms with Crippen LogP contribution < -0.4 is 0 Å². The van der Waals surface area contributed by atoms with Crippen molar-refractivity contribution in [3.05, 3.63) is 45.6 Å². The number of aldehydes is 2. The van der Waals surface area contributed by atoms with E-state index in [0.29, 0.717) is 35.5 Å². The highest BCUT2D eigenvalue weighted by Gasteiger charge is 2.53. The Morgan fingerprint density at radius 3 is 1.35 bits per heavy atom. The molecule has 0 N–H and O–H groups in total. The first-order valence-corrected chi connectivity index (χ1v) is 25.1. The van der Waals surface area contributed by atoms with Gasteiger partial charge in [-0.2, -0.15) is 0 Å². The molecule has 8 rings (SSSR count). The second-order valence-corrected chi connectivity index (χ2v) is 24.3. The Kier molecular flexibility index (Phi) is 11.4. The quantitative estimate of drug-likeness (QED) is 0.197. The number of carbonyl (C=O) groups is 2. The van der Waals surface area contributed by atoms with E-state index < -0.39 is 19.7 Å². The molecule has 0 aromatic heterocycles. The van der Waals surface area contributed by atoms with Crippen molar-refractivity contribution < 1.29 is 26.4 Å². The summed E-state index contributed by atoms with van der Waals surface area (Å²) in [5.74, 6) is 3.76. The summed E-state index contributed by atoms with van der Waals surface area (Å²) in [7, 11) is -6.16. The molecule has 0 unspecified atom stereocenters. The summed E-state index contributed by atoms with van der Waals surface area (Å²) >= 11 is 0. The van der Waals surface area contributed by atoms with Gasteiger partial charge in [0.2, 0.25) is 0 Å². The molecule has 0 aromatic carbocycles. The second kappa shape index (κ2) is 15.2. The van der Waals surface area contributed by atoms with Gasteiger partial charge in [0.25, 0.3) is 0 Å². The molecular weight excluding hydrogens is 713 g/mol. The predicted molar refractivity (Wildman–Crippen MR) is 218 cm³/mol. The minimum absolute atomic E-state index is 0.100. The highest BCUT2D eigenvalue weighted by Crippen LogP contribution is 2.61. The monoisotopic (exact) mass is 780 g/mol. The van der Waals surface area contributed by atoms with E-state index in [1.165, 1.54) is 46.3 Å². The molecule has 4 fully saturated rings. The summed E-state index contributed by atoms with van der Waals surface area (Å²) in [6, 6.07) is 0. The maximum atomic E-state index is 13.0. The van der Waals surface area contributed by atoms with Crippen molar-refractivity contribution in [3.8, 4) is 0 Å². The Morgan fingerprint density at radius 2 is 0.981 bits per heavy atom. The molecule has 0 amide bonds. The van der Waals surface area contributed by atoms with Crippen LogP contribution in [0.5, 0.6) is 0 Å². The molecule has 300 valence electrons. The fourth-order valence-electron chi connectivity index (χ4n) is 13.7. The predicted octanol–water partition coefficient (Wildman–Crippen LogP) is 9.76. The molecule has 0 saturated heterocycles. The van der Waals surface area contributed by atoms with Gasteiger partial charge < -0.3 is 9.59 Å². The maximum Gasteiger partial charge on any atom is 0.164 e. The van der Waals surface area contributed by atoms with Gasteiger partial charge in [-0.25, -0.2) is 16.8 Å². The first kappa shape index (κ1) is 40.4. The summed E-state index contributed by atoms with van der Waals surface area (Å²) in [6.45, 7) is 13.3. The molecule has 6 aliphatic carbocycles. The largest absolute Gasteiger partial charge is 0.303 e. The number of sulfone groups is 2. The van der Waals surface area contributed by atoms with Gasteiger partial charge in [-0.1, -0.05) is 76.0 Å². The summed E-state index contributed by atoms with van der Waals surface area (Å²) in [5.41, 5.74) is 7.96. The van der Waals surface area contributed by atoms with Crippen LogP contribution in [0.1, 0.15) is 144 Å². The van der Waals surface area contributed by atoms with Crippen LogP contribution in [0.2, 0.25) is 0 Å². The minimum Gasteiger partial charge on any atom is -0.303 e. The summed E-state index contributed by atoms with van der Waals surface area (Å²) in [4.78, 5) is 22.9. The van der Waals surface area contributed by atoms with E-state index in [0.717, 1.165) is 102 Å². The van der Waals surface area contributed by atoms with Gasteiger partial charge in [0.1, 0.15) is 23.1 Å². The van der Waals surface area contributed by atoms with Gasteiger partial charge in [-0.3, -0.25) is 0 Å². The lowest BCUT2D eigenvalue weighted by atomic mass is 9.61. The molecule has 6 nitrogen and oxygen atoms in total. The minimum atomic E-state index is -3.08. The second-order valence-electron chi connectivity index (χ2n) is 20.1. The van der Waals surface area contributed by atoms with E-state index in [1.54, 1.807) is 0 Å². The number of hydrogen-bond donors (Lipinski definition) is 0. The number of fused-ring (bicyclic) bond motifs is 2. The van der Waals surface area contributed by atoms with Gasteiger partial charge >= 0.3 is 0 Å². The Bertz CT molecular complexity index is 1710. The first-order chi connectivity index (χ1) is 25.5. The van der Waals surface area contributed by atoms with Crippen molar-refractivity contribution >= 4 is 32.2 Å². The van der Waals surface area contributed by atoms with Crippen LogP contribution in [0.15, 0.2) is 45.6 Å². The third-order valence-electron chi connectivity index (χ3n) is 16.6. The molecule has 12 atom stereocenters. The highest BCUT2D eigenvalue weighted by molar-refractivity contribution is 7.93. The Labute approximate surface area is 327 Å². The van der Waals surface area contributed by atoms with E-state index >= 15 is 0 Å². The van der Waals surface area contributed by atoms with Crippen LogP contribution >= 0.6 is 0 Å². The van der Waals surface area contributed by atoms with Crippen LogP contribution in [0.25, 0.3) is 0 Å². The van der Waals surface area contributed by atoms with Gasteiger partial charge in [-0.05, 0) is 160 Å². The maximum absolute atomic E-state index is 13.0.